The Balaban J connectivity index is 1.54. The number of hydrogen-bond acceptors (Lipinski definition) is 5. The third-order valence-electron chi connectivity index (χ3n) is 7.06. The van der Waals surface area contributed by atoms with Gasteiger partial charge in [-0.1, -0.05) is 84.4 Å². The van der Waals surface area contributed by atoms with E-state index in [1.165, 1.54) is 30.3 Å². The molecule has 1 heterocycles. The predicted octanol–water partition coefficient (Wildman–Crippen LogP) is 4.51. The minimum absolute atomic E-state index is 0.0184. The molecule has 8 nitrogen and oxygen atoms in total. The highest BCUT2D eigenvalue weighted by molar-refractivity contribution is 6.30. The second-order valence-corrected chi connectivity index (χ2v) is 10.6. The summed E-state index contributed by atoms with van der Waals surface area (Å²) in [4.78, 5) is 38.5. The van der Waals surface area contributed by atoms with Gasteiger partial charge < -0.3 is 25.8 Å². The summed E-state index contributed by atoms with van der Waals surface area (Å²) >= 11 is 5.97. The van der Waals surface area contributed by atoms with Crippen LogP contribution in [0.5, 0.6) is 0 Å². The summed E-state index contributed by atoms with van der Waals surface area (Å²) in [6.07, 6.45) is -2.48. The van der Waals surface area contributed by atoms with Crippen molar-refractivity contribution in [2.75, 3.05) is 13.2 Å². The van der Waals surface area contributed by atoms with Crippen molar-refractivity contribution >= 4 is 29.5 Å². The lowest BCUT2D eigenvalue weighted by Crippen LogP contribution is -2.52. The smallest absolute Gasteiger partial charge is 0.408 e. The standard InChI is InChI=1S/C31H32ClF2N3O5/c32-24-13-7-12-23(18-24)31(33,34)27(21-10-5-2-6-11-21)42-30(41)37-26(16-20-8-3-1-4-9-20)29(40)36-25(19-38)17-22-14-15-35-28(22)39/h1-13,18,22,25-27,38H,14-17,19H2,(H,35,39)(H,36,40)(H,37,41)/t22-,25-,26-,27?/m0/s1. The van der Waals surface area contributed by atoms with E-state index in [4.69, 9.17) is 16.3 Å². The highest BCUT2D eigenvalue weighted by Gasteiger charge is 2.46. The normalized spacial score (nSPS) is 17.0. The predicted molar refractivity (Wildman–Crippen MR) is 153 cm³/mol. The largest absolute Gasteiger partial charge is 0.434 e. The van der Waals surface area contributed by atoms with E-state index in [0.717, 1.165) is 6.07 Å². The van der Waals surface area contributed by atoms with Crippen molar-refractivity contribution in [2.24, 2.45) is 5.92 Å². The Hall–Kier alpha value is -4.02. The van der Waals surface area contributed by atoms with Crippen molar-refractivity contribution in [1.82, 2.24) is 16.0 Å². The number of carbonyl (C=O) groups is 3. The number of alkyl carbamates (subject to hydrolysis) is 1. The average Bonchev–Trinajstić information content (AvgIpc) is 3.39. The summed E-state index contributed by atoms with van der Waals surface area (Å²) in [6.45, 7) is 0.0853. The van der Waals surface area contributed by atoms with Crippen molar-refractivity contribution < 1.29 is 33.0 Å². The van der Waals surface area contributed by atoms with Gasteiger partial charge in [0.25, 0.3) is 0 Å². The molecular formula is C31H32ClF2N3O5. The lowest BCUT2D eigenvalue weighted by molar-refractivity contribution is -0.127. The Morgan fingerprint density at radius 2 is 1.71 bits per heavy atom. The molecule has 0 saturated carbocycles. The van der Waals surface area contributed by atoms with E-state index in [1.54, 1.807) is 48.5 Å². The van der Waals surface area contributed by atoms with Gasteiger partial charge in [0.1, 0.15) is 6.04 Å². The molecule has 3 aromatic carbocycles. The molecule has 0 aliphatic carbocycles. The highest BCUT2D eigenvalue weighted by Crippen LogP contribution is 2.43. The van der Waals surface area contributed by atoms with Gasteiger partial charge in [-0.3, -0.25) is 9.59 Å². The number of rotatable bonds is 12. The molecule has 222 valence electrons. The summed E-state index contributed by atoms with van der Waals surface area (Å²) < 4.78 is 37.0. The first-order chi connectivity index (χ1) is 20.2. The molecule has 1 aliphatic heterocycles. The Kier molecular flexibility index (Phi) is 10.5. The molecule has 1 unspecified atom stereocenters. The van der Waals surface area contributed by atoms with E-state index in [9.17, 15) is 19.5 Å². The summed E-state index contributed by atoms with van der Waals surface area (Å²) in [5.41, 5.74) is 0.284. The monoisotopic (exact) mass is 599 g/mol. The number of carbonyl (C=O) groups excluding carboxylic acids is 3. The van der Waals surface area contributed by atoms with Gasteiger partial charge >= 0.3 is 12.0 Å². The zero-order valence-electron chi connectivity index (χ0n) is 22.6. The fourth-order valence-electron chi connectivity index (χ4n) is 4.86. The Morgan fingerprint density at radius 1 is 1.02 bits per heavy atom. The molecule has 42 heavy (non-hydrogen) atoms. The van der Waals surface area contributed by atoms with Crippen LogP contribution in [0, 0.1) is 5.92 Å². The number of hydrogen-bond donors (Lipinski definition) is 4. The molecule has 0 aromatic heterocycles. The summed E-state index contributed by atoms with van der Waals surface area (Å²) in [5.74, 6) is -4.86. The molecule has 0 spiro atoms. The van der Waals surface area contributed by atoms with Crippen LogP contribution in [-0.4, -0.2) is 48.2 Å². The van der Waals surface area contributed by atoms with E-state index in [1.807, 2.05) is 0 Å². The molecule has 1 fully saturated rings. The quantitative estimate of drug-likeness (QED) is 0.244. The van der Waals surface area contributed by atoms with Crippen molar-refractivity contribution in [2.45, 2.75) is 43.4 Å². The summed E-state index contributed by atoms with van der Waals surface area (Å²) in [6, 6.07) is 19.5. The Bertz CT molecular complexity index is 1360. The molecule has 3 aromatic rings. The van der Waals surface area contributed by atoms with Crippen molar-refractivity contribution in [3.05, 3.63) is 107 Å². The number of ether oxygens (including phenoxy) is 1. The molecule has 0 bridgehead atoms. The number of nitrogens with one attached hydrogen (secondary N) is 3. The molecule has 4 rings (SSSR count). The van der Waals surface area contributed by atoms with Crippen LogP contribution in [0.3, 0.4) is 0 Å². The molecule has 11 heteroatoms. The van der Waals surface area contributed by atoms with E-state index in [2.05, 4.69) is 16.0 Å². The molecule has 0 radical (unpaired) electrons. The second kappa shape index (κ2) is 14.2. The van der Waals surface area contributed by atoms with Crippen molar-refractivity contribution in [3.8, 4) is 0 Å². The third kappa shape index (κ3) is 8.04. The van der Waals surface area contributed by atoms with Crippen LogP contribution in [0.15, 0.2) is 84.9 Å². The first-order valence-corrected chi connectivity index (χ1v) is 13.9. The molecule has 3 amide bonds. The van der Waals surface area contributed by atoms with Gasteiger partial charge in [0.05, 0.1) is 12.6 Å². The Labute approximate surface area is 247 Å². The van der Waals surface area contributed by atoms with Gasteiger partial charge in [-0.2, -0.15) is 8.78 Å². The van der Waals surface area contributed by atoms with E-state index < -0.39 is 48.3 Å². The van der Waals surface area contributed by atoms with E-state index in [0.29, 0.717) is 18.5 Å². The van der Waals surface area contributed by atoms with Gasteiger partial charge in [0.2, 0.25) is 11.8 Å². The zero-order chi connectivity index (χ0) is 30.1. The maximum atomic E-state index is 15.8. The maximum Gasteiger partial charge on any atom is 0.408 e. The van der Waals surface area contributed by atoms with E-state index >= 15 is 8.78 Å². The van der Waals surface area contributed by atoms with Crippen LogP contribution in [0.1, 0.15) is 35.6 Å². The molecular weight excluding hydrogens is 568 g/mol. The molecule has 4 N–H and O–H groups in total. The van der Waals surface area contributed by atoms with Gasteiger partial charge in [-0.25, -0.2) is 4.79 Å². The van der Waals surface area contributed by atoms with Crippen LogP contribution in [0.4, 0.5) is 13.6 Å². The van der Waals surface area contributed by atoms with Crippen LogP contribution >= 0.6 is 11.6 Å². The van der Waals surface area contributed by atoms with Crippen LogP contribution in [-0.2, 0) is 26.7 Å². The van der Waals surface area contributed by atoms with Crippen LogP contribution < -0.4 is 16.0 Å². The maximum absolute atomic E-state index is 15.8. The van der Waals surface area contributed by atoms with E-state index in [-0.39, 0.29) is 35.3 Å². The average molecular weight is 600 g/mol. The van der Waals surface area contributed by atoms with Crippen LogP contribution in [0.25, 0.3) is 0 Å². The lowest BCUT2D eigenvalue weighted by atomic mass is 9.97. The minimum atomic E-state index is -3.68. The number of alkyl halides is 2. The highest BCUT2D eigenvalue weighted by atomic mass is 35.5. The lowest BCUT2D eigenvalue weighted by Gasteiger charge is -2.29. The molecule has 1 saturated heterocycles. The third-order valence-corrected chi connectivity index (χ3v) is 7.29. The van der Waals surface area contributed by atoms with Crippen LogP contribution in [0.2, 0.25) is 5.02 Å². The summed E-state index contributed by atoms with van der Waals surface area (Å²) in [7, 11) is 0. The van der Waals surface area contributed by atoms with Gasteiger partial charge in [0.15, 0.2) is 6.10 Å². The summed E-state index contributed by atoms with van der Waals surface area (Å²) in [5, 5.41) is 17.8. The zero-order valence-corrected chi connectivity index (χ0v) is 23.4. The number of halogens is 3. The van der Waals surface area contributed by atoms with Gasteiger partial charge in [-0.05, 0) is 36.1 Å². The molecule has 1 aliphatic rings. The first-order valence-electron chi connectivity index (χ1n) is 13.6. The SMILES string of the molecule is O=C(N[C@@H](Cc1ccccc1)C(=O)N[C@H](CO)C[C@@H]1CCNC1=O)OC(c1ccccc1)C(F)(F)c1cccc(Cl)c1. The Morgan fingerprint density at radius 3 is 2.33 bits per heavy atom. The van der Waals surface area contributed by atoms with Crippen molar-refractivity contribution in [3.63, 3.8) is 0 Å². The number of aliphatic hydroxyl groups excluding tert-OH is 1. The number of aliphatic hydroxyl groups is 1. The fourth-order valence-corrected chi connectivity index (χ4v) is 5.05. The fraction of sp³-hybridized carbons (Fsp3) is 0.323. The van der Waals surface area contributed by atoms with Gasteiger partial charge in [-0.15, -0.1) is 0 Å². The topological polar surface area (TPSA) is 117 Å². The first kappa shape index (κ1) is 30.9. The number of benzene rings is 3. The minimum Gasteiger partial charge on any atom is -0.434 e. The van der Waals surface area contributed by atoms with Crippen molar-refractivity contribution in [1.29, 1.82) is 0 Å². The second-order valence-electron chi connectivity index (χ2n) is 10.1. The van der Waals surface area contributed by atoms with Gasteiger partial charge in [0, 0.05) is 29.5 Å². The number of amides is 3. The molecule has 4 atom stereocenters.